The fraction of sp³-hybridized carbons (Fsp3) is 0.360. The molecule has 2 amide bonds. The zero-order valence-corrected chi connectivity index (χ0v) is 18.2. The highest BCUT2D eigenvalue weighted by Gasteiger charge is 2.54. The van der Waals surface area contributed by atoms with E-state index in [-0.39, 0.29) is 29.6 Å². The Bertz CT molecular complexity index is 1260. The zero-order chi connectivity index (χ0) is 22.7. The molecule has 168 valence electrons. The predicted octanol–water partition coefficient (Wildman–Crippen LogP) is 2.94. The highest BCUT2D eigenvalue weighted by atomic mass is 19.1. The first-order valence-corrected chi connectivity index (χ1v) is 11.2. The van der Waals surface area contributed by atoms with Gasteiger partial charge in [-0.2, -0.15) is 0 Å². The molecule has 2 unspecified atom stereocenters. The summed E-state index contributed by atoms with van der Waals surface area (Å²) in [7, 11) is 1.53. The van der Waals surface area contributed by atoms with Crippen LogP contribution in [0.15, 0.2) is 42.6 Å². The first kappa shape index (κ1) is 20.2. The third-order valence-electron chi connectivity index (χ3n) is 7.39. The zero-order valence-electron chi connectivity index (χ0n) is 18.2. The van der Waals surface area contributed by atoms with Gasteiger partial charge < -0.3 is 9.64 Å². The van der Waals surface area contributed by atoms with E-state index in [9.17, 15) is 14.0 Å². The van der Waals surface area contributed by atoms with Crippen molar-refractivity contribution in [1.82, 2.24) is 19.8 Å². The van der Waals surface area contributed by atoms with Crippen molar-refractivity contribution in [2.24, 2.45) is 11.8 Å². The maximum atomic E-state index is 14.6. The number of methoxy groups -OCH3 is 1. The van der Waals surface area contributed by atoms with Crippen LogP contribution in [-0.2, 0) is 6.42 Å². The second-order valence-electron chi connectivity index (χ2n) is 9.07. The topological polar surface area (TPSA) is 75.6 Å². The normalized spacial score (nSPS) is 24.2. The molecule has 33 heavy (non-hydrogen) atoms. The Morgan fingerprint density at radius 2 is 1.85 bits per heavy atom. The molecule has 3 aliphatic rings. The Hall–Kier alpha value is -3.39. The number of carbonyl (C=O) groups excluding carboxylic acids is 2. The first-order chi connectivity index (χ1) is 16.0. The predicted molar refractivity (Wildman–Crippen MR) is 119 cm³/mol. The van der Waals surface area contributed by atoms with Crippen molar-refractivity contribution in [2.45, 2.75) is 18.9 Å². The van der Waals surface area contributed by atoms with Crippen LogP contribution in [0.1, 0.15) is 32.7 Å². The Kier molecular flexibility index (Phi) is 4.65. The van der Waals surface area contributed by atoms with Gasteiger partial charge in [-0.05, 0) is 42.9 Å². The summed E-state index contributed by atoms with van der Waals surface area (Å²) in [6.07, 6.45) is 2.58. The lowest BCUT2D eigenvalue weighted by molar-refractivity contribution is 0.0271. The Morgan fingerprint density at radius 1 is 1.09 bits per heavy atom. The Labute approximate surface area is 190 Å². The van der Waals surface area contributed by atoms with Crippen molar-refractivity contribution in [3.8, 4) is 5.88 Å². The average molecular weight is 446 g/mol. The van der Waals surface area contributed by atoms with E-state index in [1.165, 1.54) is 18.2 Å². The summed E-state index contributed by atoms with van der Waals surface area (Å²) in [6.45, 7) is 2.37. The number of halogens is 1. The van der Waals surface area contributed by atoms with Crippen LogP contribution in [-0.4, -0.2) is 64.4 Å². The van der Waals surface area contributed by atoms with E-state index in [2.05, 4.69) is 14.9 Å². The maximum absolute atomic E-state index is 14.6. The van der Waals surface area contributed by atoms with Gasteiger partial charge in [0.15, 0.2) is 0 Å². The molecular weight excluding hydrogens is 423 g/mol. The molecule has 7 nitrogen and oxygen atoms in total. The van der Waals surface area contributed by atoms with Gasteiger partial charge in [0.1, 0.15) is 5.82 Å². The van der Waals surface area contributed by atoms with Gasteiger partial charge in [-0.3, -0.25) is 19.5 Å². The highest BCUT2D eigenvalue weighted by molar-refractivity contribution is 6.21. The minimum absolute atomic E-state index is 0.0585. The summed E-state index contributed by atoms with van der Waals surface area (Å²) >= 11 is 0. The molecule has 2 fully saturated rings. The number of imide groups is 1. The van der Waals surface area contributed by atoms with Crippen LogP contribution in [0.5, 0.6) is 5.88 Å². The van der Waals surface area contributed by atoms with E-state index in [1.54, 1.807) is 36.4 Å². The molecule has 2 aromatic heterocycles. The van der Waals surface area contributed by atoms with Crippen LogP contribution in [0.2, 0.25) is 0 Å². The number of hydrogen-bond acceptors (Lipinski definition) is 6. The molecule has 0 bridgehead atoms. The second-order valence-corrected chi connectivity index (χ2v) is 9.07. The van der Waals surface area contributed by atoms with E-state index in [1.807, 2.05) is 0 Å². The molecule has 3 aromatic rings. The molecule has 0 spiro atoms. The second kappa shape index (κ2) is 7.59. The lowest BCUT2D eigenvalue weighted by Crippen LogP contribution is -2.54. The third-order valence-corrected chi connectivity index (χ3v) is 7.39. The number of nitrogens with zero attached hydrogens (tertiary/aromatic N) is 4. The smallest absolute Gasteiger partial charge is 0.261 e. The third kappa shape index (κ3) is 3.12. The molecule has 8 heteroatoms. The minimum atomic E-state index is -0.366. The van der Waals surface area contributed by atoms with E-state index >= 15 is 0 Å². The number of fused-ring (bicyclic) bond motifs is 3. The largest absolute Gasteiger partial charge is 0.481 e. The molecule has 1 saturated carbocycles. The molecule has 4 heterocycles. The molecule has 0 radical (unpaired) electrons. The number of amides is 2. The molecule has 0 N–H and O–H groups in total. The van der Waals surface area contributed by atoms with Gasteiger partial charge in [-0.15, -0.1) is 0 Å². The summed E-state index contributed by atoms with van der Waals surface area (Å²) in [5.41, 5.74) is 2.71. The Balaban J connectivity index is 1.16. The monoisotopic (exact) mass is 446 g/mol. The lowest BCUT2D eigenvalue weighted by Gasteiger charge is -2.43. The van der Waals surface area contributed by atoms with Gasteiger partial charge in [0, 0.05) is 37.3 Å². The van der Waals surface area contributed by atoms with Crippen molar-refractivity contribution in [3.63, 3.8) is 0 Å². The number of carbonyl (C=O) groups is 2. The van der Waals surface area contributed by atoms with E-state index in [0.717, 1.165) is 19.5 Å². The van der Waals surface area contributed by atoms with Crippen LogP contribution in [0.25, 0.3) is 11.0 Å². The van der Waals surface area contributed by atoms with E-state index in [0.29, 0.717) is 52.5 Å². The van der Waals surface area contributed by atoms with Gasteiger partial charge in [0.05, 0.1) is 35.5 Å². The standard InChI is InChI=1S/C25H23FN4O3/c1-33-22-7-6-20-23(28-22)17(19(26)11-27-20)8-9-29-12-14-10-21(18(14)13-29)30-24(31)15-4-2-3-5-16(15)25(30)32/h2-7,11,14,18,21H,8-10,12-13H2,1H3/t14?,18?,21-/m0/s1. The summed E-state index contributed by atoms with van der Waals surface area (Å²) in [4.78, 5) is 38.1. The van der Waals surface area contributed by atoms with Crippen LogP contribution in [0.3, 0.4) is 0 Å². The van der Waals surface area contributed by atoms with Crippen LogP contribution in [0, 0.1) is 17.7 Å². The van der Waals surface area contributed by atoms with Gasteiger partial charge in [-0.1, -0.05) is 12.1 Å². The summed E-state index contributed by atoms with van der Waals surface area (Å²) in [6, 6.07) is 10.5. The molecule has 1 saturated heterocycles. The summed E-state index contributed by atoms with van der Waals surface area (Å²) < 4.78 is 19.8. The van der Waals surface area contributed by atoms with Gasteiger partial charge in [-0.25, -0.2) is 9.37 Å². The van der Waals surface area contributed by atoms with Gasteiger partial charge >= 0.3 is 0 Å². The average Bonchev–Trinajstić information content (AvgIpc) is 3.28. The Morgan fingerprint density at radius 3 is 2.58 bits per heavy atom. The SMILES string of the molecule is COc1ccc2ncc(F)c(CCN3CC4C[C@H](N5C(=O)c6ccccc6C5=O)C4C3)c2n1. The fourth-order valence-corrected chi connectivity index (χ4v) is 5.65. The van der Waals surface area contributed by atoms with Gasteiger partial charge in [0.25, 0.3) is 11.8 Å². The molecule has 3 atom stereocenters. The van der Waals surface area contributed by atoms with Crippen molar-refractivity contribution in [1.29, 1.82) is 0 Å². The summed E-state index contributed by atoms with van der Waals surface area (Å²) in [5.74, 6) is 0.431. The summed E-state index contributed by atoms with van der Waals surface area (Å²) in [5, 5.41) is 0. The van der Waals surface area contributed by atoms with Gasteiger partial charge in [0.2, 0.25) is 5.88 Å². The van der Waals surface area contributed by atoms with Crippen LogP contribution in [0.4, 0.5) is 4.39 Å². The molecule has 2 aliphatic heterocycles. The van der Waals surface area contributed by atoms with Crippen LogP contribution < -0.4 is 4.74 Å². The maximum Gasteiger partial charge on any atom is 0.261 e. The lowest BCUT2D eigenvalue weighted by atomic mass is 9.70. The number of aromatic nitrogens is 2. The van der Waals surface area contributed by atoms with Crippen molar-refractivity contribution < 1.29 is 18.7 Å². The number of ether oxygens (including phenoxy) is 1. The van der Waals surface area contributed by atoms with E-state index < -0.39 is 0 Å². The molecule has 1 aliphatic carbocycles. The van der Waals surface area contributed by atoms with Crippen molar-refractivity contribution in [3.05, 3.63) is 65.1 Å². The highest BCUT2D eigenvalue weighted by Crippen LogP contribution is 2.45. The molecular formula is C25H23FN4O3. The van der Waals surface area contributed by atoms with E-state index in [4.69, 9.17) is 4.74 Å². The number of benzene rings is 1. The minimum Gasteiger partial charge on any atom is -0.481 e. The number of pyridine rings is 2. The number of likely N-dealkylation sites (tertiary alicyclic amines) is 1. The fourth-order valence-electron chi connectivity index (χ4n) is 5.65. The number of rotatable bonds is 5. The first-order valence-electron chi connectivity index (χ1n) is 11.2. The number of hydrogen-bond donors (Lipinski definition) is 0. The quantitative estimate of drug-likeness (QED) is 0.561. The van der Waals surface area contributed by atoms with Crippen LogP contribution >= 0.6 is 0 Å². The molecule has 6 rings (SSSR count). The molecule has 1 aromatic carbocycles. The van der Waals surface area contributed by atoms with Crippen molar-refractivity contribution in [2.75, 3.05) is 26.7 Å². The van der Waals surface area contributed by atoms with Crippen molar-refractivity contribution >= 4 is 22.8 Å².